The molecular weight excluding hydrogens is 158 g/mol. The van der Waals surface area contributed by atoms with Crippen LogP contribution >= 0.6 is 0 Å². The Morgan fingerprint density at radius 2 is 2.42 bits per heavy atom. The van der Waals surface area contributed by atoms with E-state index < -0.39 is 0 Å². The third kappa shape index (κ3) is 2.64. The first kappa shape index (κ1) is 9.22. The molecule has 0 aliphatic heterocycles. The summed E-state index contributed by atoms with van der Waals surface area (Å²) in [5, 5.41) is 8.60. The smallest absolute Gasteiger partial charge is 0.196 e. The van der Waals surface area contributed by atoms with Crippen LogP contribution in [-0.4, -0.2) is 30.4 Å². The molecule has 0 atom stereocenters. The third-order valence-electron chi connectivity index (χ3n) is 1.49. The maximum Gasteiger partial charge on any atom is 0.196 e. The molecule has 1 heterocycles. The van der Waals surface area contributed by atoms with Gasteiger partial charge < -0.3 is 14.3 Å². The van der Waals surface area contributed by atoms with Crippen LogP contribution in [0.1, 0.15) is 11.6 Å². The van der Waals surface area contributed by atoms with E-state index in [0.29, 0.717) is 25.3 Å². The zero-order valence-corrected chi connectivity index (χ0v) is 7.12. The fraction of sp³-hybridized carbons (Fsp3) is 0.625. The van der Waals surface area contributed by atoms with Crippen LogP contribution < -0.4 is 0 Å². The molecule has 1 aromatic heterocycles. The van der Waals surface area contributed by atoms with E-state index in [1.807, 2.05) is 0 Å². The van der Waals surface area contributed by atoms with Gasteiger partial charge in [-0.3, -0.25) is 0 Å². The van der Waals surface area contributed by atoms with E-state index in [1.54, 1.807) is 13.4 Å². The maximum atomic E-state index is 8.60. The number of aliphatic hydroxyl groups is 1. The summed E-state index contributed by atoms with van der Waals surface area (Å²) in [6, 6.07) is 0. The predicted molar refractivity (Wildman–Crippen MR) is 42.9 cm³/mol. The highest BCUT2D eigenvalue weighted by atomic mass is 16.5. The summed E-state index contributed by atoms with van der Waals surface area (Å²) in [5.41, 5.74) is 0.795. The van der Waals surface area contributed by atoms with Crippen molar-refractivity contribution >= 4 is 0 Å². The van der Waals surface area contributed by atoms with Crippen molar-refractivity contribution in [2.75, 3.05) is 20.3 Å². The second-order valence-electron chi connectivity index (χ2n) is 2.45. The molecule has 0 bridgehead atoms. The van der Waals surface area contributed by atoms with Gasteiger partial charge in [-0.05, 0) is 0 Å². The quantitative estimate of drug-likeness (QED) is 0.696. The van der Waals surface area contributed by atoms with Crippen molar-refractivity contribution in [3.05, 3.63) is 17.8 Å². The Balaban J connectivity index is 2.41. The second kappa shape index (κ2) is 4.90. The summed E-state index contributed by atoms with van der Waals surface area (Å²) in [5.74, 6) is 0.667. The SMILES string of the molecule is COCCc1nc(CCO)co1. The van der Waals surface area contributed by atoms with Crippen molar-refractivity contribution in [1.82, 2.24) is 4.98 Å². The topological polar surface area (TPSA) is 55.5 Å². The molecule has 0 aromatic carbocycles. The van der Waals surface area contributed by atoms with E-state index in [-0.39, 0.29) is 6.61 Å². The molecule has 1 N–H and O–H groups in total. The van der Waals surface area contributed by atoms with Gasteiger partial charge in [0.15, 0.2) is 5.89 Å². The van der Waals surface area contributed by atoms with Crippen LogP contribution in [-0.2, 0) is 17.6 Å². The van der Waals surface area contributed by atoms with Gasteiger partial charge in [0, 0.05) is 26.6 Å². The molecule has 0 unspecified atom stereocenters. The minimum Gasteiger partial charge on any atom is -0.449 e. The lowest BCUT2D eigenvalue weighted by molar-refractivity contribution is 0.195. The molecule has 0 saturated carbocycles. The van der Waals surface area contributed by atoms with Crippen LogP contribution in [0.15, 0.2) is 10.7 Å². The molecule has 0 radical (unpaired) electrons. The average molecular weight is 171 g/mol. The zero-order chi connectivity index (χ0) is 8.81. The van der Waals surface area contributed by atoms with Crippen molar-refractivity contribution in [2.45, 2.75) is 12.8 Å². The van der Waals surface area contributed by atoms with Gasteiger partial charge in [0.05, 0.1) is 12.3 Å². The number of nitrogens with zero attached hydrogens (tertiary/aromatic N) is 1. The summed E-state index contributed by atoms with van der Waals surface area (Å²) in [6.07, 6.45) is 2.81. The number of hydrogen-bond donors (Lipinski definition) is 1. The number of aromatic nitrogens is 1. The van der Waals surface area contributed by atoms with Crippen molar-refractivity contribution in [3.63, 3.8) is 0 Å². The van der Waals surface area contributed by atoms with Gasteiger partial charge in [0.25, 0.3) is 0 Å². The number of hydrogen-bond acceptors (Lipinski definition) is 4. The standard InChI is InChI=1S/C8H13NO3/c1-11-5-3-8-9-7(2-4-10)6-12-8/h6,10H,2-5H2,1H3. The van der Waals surface area contributed by atoms with Crippen LogP contribution in [0.2, 0.25) is 0 Å². The third-order valence-corrected chi connectivity index (χ3v) is 1.49. The van der Waals surface area contributed by atoms with E-state index in [2.05, 4.69) is 4.98 Å². The number of methoxy groups -OCH3 is 1. The molecule has 0 aliphatic rings. The van der Waals surface area contributed by atoms with Gasteiger partial charge in [-0.25, -0.2) is 4.98 Å². The summed E-state index contributed by atoms with van der Waals surface area (Å²) in [7, 11) is 1.64. The van der Waals surface area contributed by atoms with Gasteiger partial charge >= 0.3 is 0 Å². The number of oxazole rings is 1. The summed E-state index contributed by atoms with van der Waals surface area (Å²) < 4.78 is 9.98. The summed E-state index contributed by atoms with van der Waals surface area (Å²) in [4.78, 5) is 4.13. The molecule has 12 heavy (non-hydrogen) atoms. The Labute approximate surface area is 71.2 Å². The lowest BCUT2D eigenvalue weighted by Crippen LogP contribution is -1.96. The van der Waals surface area contributed by atoms with Crippen LogP contribution in [0, 0.1) is 0 Å². The molecule has 1 aromatic rings. The van der Waals surface area contributed by atoms with Gasteiger partial charge in [-0.15, -0.1) is 0 Å². The summed E-state index contributed by atoms with van der Waals surface area (Å²) in [6.45, 7) is 0.718. The molecule has 0 aliphatic carbocycles. The highest BCUT2D eigenvalue weighted by Gasteiger charge is 2.02. The van der Waals surface area contributed by atoms with Crippen LogP contribution in [0.25, 0.3) is 0 Å². The van der Waals surface area contributed by atoms with E-state index in [0.717, 1.165) is 5.69 Å². The Morgan fingerprint density at radius 3 is 3.08 bits per heavy atom. The highest BCUT2D eigenvalue weighted by Crippen LogP contribution is 2.03. The summed E-state index contributed by atoms with van der Waals surface area (Å²) >= 11 is 0. The molecule has 4 heteroatoms. The Morgan fingerprint density at radius 1 is 1.58 bits per heavy atom. The number of ether oxygens (including phenoxy) is 1. The minimum absolute atomic E-state index is 0.107. The Kier molecular flexibility index (Phi) is 3.76. The lowest BCUT2D eigenvalue weighted by atomic mass is 10.3. The predicted octanol–water partition coefficient (Wildman–Crippen LogP) is 0.398. The van der Waals surface area contributed by atoms with Crippen molar-refractivity contribution in [3.8, 4) is 0 Å². The maximum absolute atomic E-state index is 8.60. The Hall–Kier alpha value is -0.870. The molecule has 0 fully saturated rings. The van der Waals surface area contributed by atoms with E-state index >= 15 is 0 Å². The minimum atomic E-state index is 0.107. The van der Waals surface area contributed by atoms with Gasteiger partial charge in [0.2, 0.25) is 0 Å². The van der Waals surface area contributed by atoms with Crippen molar-refractivity contribution < 1.29 is 14.3 Å². The molecular formula is C8H13NO3. The van der Waals surface area contributed by atoms with Crippen molar-refractivity contribution in [2.24, 2.45) is 0 Å². The van der Waals surface area contributed by atoms with E-state index in [1.165, 1.54) is 0 Å². The van der Waals surface area contributed by atoms with Gasteiger partial charge in [-0.2, -0.15) is 0 Å². The van der Waals surface area contributed by atoms with Crippen molar-refractivity contribution in [1.29, 1.82) is 0 Å². The Bertz CT molecular complexity index is 222. The monoisotopic (exact) mass is 171 g/mol. The fourth-order valence-electron chi connectivity index (χ4n) is 0.882. The number of rotatable bonds is 5. The molecule has 68 valence electrons. The second-order valence-corrected chi connectivity index (χ2v) is 2.45. The largest absolute Gasteiger partial charge is 0.449 e. The molecule has 4 nitrogen and oxygen atoms in total. The van der Waals surface area contributed by atoms with E-state index in [4.69, 9.17) is 14.3 Å². The molecule has 1 rings (SSSR count). The first-order chi connectivity index (χ1) is 5.86. The highest BCUT2D eigenvalue weighted by molar-refractivity contribution is 4.96. The lowest BCUT2D eigenvalue weighted by Gasteiger charge is -1.91. The first-order valence-electron chi connectivity index (χ1n) is 3.90. The fourth-order valence-corrected chi connectivity index (χ4v) is 0.882. The van der Waals surface area contributed by atoms with Crippen LogP contribution in [0.5, 0.6) is 0 Å². The molecule has 0 saturated heterocycles. The van der Waals surface area contributed by atoms with Gasteiger partial charge in [0.1, 0.15) is 6.26 Å². The molecule has 0 amide bonds. The normalized spacial score (nSPS) is 10.5. The van der Waals surface area contributed by atoms with Crippen LogP contribution in [0.3, 0.4) is 0 Å². The average Bonchev–Trinajstić information content (AvgIpc) is 2.50. The first-order valence-corrected chi connectivity index (χ1v) is 3.90. The van der Waals surface area contributed by atoms with Gasteiger partial charge in [-0.1, -0.05) is 0 Å². The molecule has 0 spiro atoms. The van der Waals surface area contributed by atoms with E-state index in [9.17, 15) is 0 Å². The zero-order valence-electron chi connectivity index (χ0n) is 7.12. The van der Waals surface area contributed by atoms with Crippen LogP contribution in [0.4, 0.5) is 0 Å². The number of aliphatic hydroxyl groups excluding tert-OH is 1.